The van der Waals surface area contributed by atoms with Gasteiger partial charge in [-0.15, -0.1) is 16.8 Å². The van der Waals surface area contributed by atoms with Crippen molar-refractivity contribution in [3.05, 3.63) is 54.1 Å². The molecule has 0 bridgehead atoms. The molecule has 9 heteroatoms. The van der Waals surface area contributed by atoms with E-state index in [9.17, 15) is 8.42 Å². The van der Waals surface area contributed by atoms with E-state index in [0.29, 0.717) is 18.1 Å². The van der Waals surface area contributed by atoms with Crippen molar-refractivity contribution in [1.82, 2.24) is 10.2 Å². The van der Waals surface area contributed by atoms with E-state index in [1.54, 1.807) is 25.3 Å². The van der Waals surface area contributed by atoms with Crippen LogP contribution in [0.15, 0.2) is 57.8 Å². The van der Waals surface area contributed by atoms with Gasteiger partial charge in [0.15, 0.2) is 0 Å². The van der Waals surface area contributed by atoms with Crippen molar-refractivity contribution in [3.8, 4) is 5.75 Å². The van der Waals surface area contributed by atoms with Gasteiger partial charge in [-0.3, -0.25) is 4.90 Å². The summed E-state index contributed by atoms with van der Waals surface area (Å²) in [6, 6.07) is 14.8. The van der Waals surface area contributed by atoms with Gasteiger partial charge in [-0.1, -0.05) is 30.3 Å². The third kappa shape index (κ3) is 4.00. The summed E-state index contributed by atoms with van der Waals surface area (Å²) in [4.78, 5) is 2.44. The van der Waals surface area contributed by atoms with E-state index in [0.717, 1.165) is 30.9 Å². The Labute approximate surface area is 171 Å². The fourth-order valence-electron chi connectivity index (χ4n) is 3.61. The van der Waals surface area contributed by atoms with E-state index in [-0.39, 0.29) is 23.3 Å². The summed E-state index contributed by atoms with van der Waals surface area (Å²) in [5.74, 6) is 1.27. The lowest BCUT2D eigenvalue weighted by Gasteiger charge is -2.37. The van der Waals surface area contributed by atoms with Gasteiger partial charge in [0.05, 0.1) is 25.4 Å². The fourth-order valence-corrected chi connectivity index (χ4v) is 4.75. The number of nitrogens with zero attached hydrogens (tertiary/aromatic N) is 2. The molecule has 0 aromatic heterocycles. The second-order valence-electron chi connectivity index (χ2n) is 6.57. The van der Waals surface area contributed by atoms with Crippen molar-refractivity contribution in [2.75, 3.05) is 38.6 Å². The Morgan fingerprint density at radius 1 is 1.18 bits per heavy atom. The van der Waals surface area contributed by atoms with Crippen LogP contribution in [0.2, 0.25) is 0 Å². The van der Waals surface area contributed by atoms with Crippen LogP contribution in [0.4, 0.5) is 5.69 Å². The van der Waals surface area contributed by atoms with Crippen molar-refractivity contribution in [2.45, 2.75) is 10.9 Å². The van der Waals surface area contributed by atoms with Gasteiger partial charge in [0.1, 0.15) is 16.5 Å². The Hall–Kier alpha value is -2.13. The highest BCUT2D eigenvalue weighted by molar-refractivity contribution is 7.90. The number of sulfonamides is 1. The maximum Gasteiger partial charge on any atom is 0.286 e. The number of hydrogen-bond acceptors (Lipinski definition) is 6. The third-order valence-electron chi connectivity index (χ3n) is 4.88. The summed E-state index contributed by atoms with van der Waals surface area (Å²) in [7, 11) is -2.02. The largest absolute Gasteiger partial charge is 0.496 e. The molecule has 7 nitrogen and oxygen atoms in total. The summed E-state index contributed by atoms with van der Waals surface area (Å²) in [5, 5.41) is 6.59. The Kier molecular flexibility index (Phi) is 6.24. The van der Waals surface area contributed by atoms with E-state index in [1.165, 1.54) is 0 Å². The molecule has 1 unspecified atom stereocenters. The number of piperazine rings is 1. The van der Waals surface area contributed by atoms with Crippen LogP contribution in [0, 0.1) is 0 Å². The fraction of sp³-hybridized carbons (Fsp3) is 0.316. The maximum absolute atomic E-state index is 12.5. The summed E-state index contributed by atoms with van der Waals surface area (Å²) in [6.07, 6.45) is 0. The van der Waals surface area contributed by atoms with Gasteiger partial charge >= 0.3 is 0 Å². The molecule has 0 amide bonds. The van der Waals surface area contributed by atoms with Gasteiger partial charge in [-0.25, -0.2) is 0 Å². The van der Waals surface area contributed by atoms with Gasteiger partial charge in [0, 0.05) is 25.2 Å². The molecule has 1 saturated heterocycles. The quantitative estimate of drug-likeness (QED) is 0.786. The molecule has 4 rings (SSSR count). The first-order valence-corrected chi connectivity index (χ1v) is 10.3. The van der Waals surface area contributed by atoms with E-state index >= 15 is 0 Å². The van der Waals surface area contributed by atoms with Crippen LogP contribution < -0.4 is 15.4 Å². The summed E-state index contributed by atoms with van der Waals surface area (Å²) in [6.45, 7) is 2.79. The molecule has 150 valence electrons. The third-order valence-corrected chi connectivity index (χ3v) is 6.25. The topological polar surface area (TPSA) is 83.0 Å². The number of rotatable bonds is 4. The van der Waals surface area contributed by atoms with Crippen molar-refractivity contribution >= 4 is 34.0 Å². The summed E-state index contributed by atoms with van der Waals surface area (Å²) < 4.78 is 34.5. The minimum absolute atomic E-state index is 0. The molecule has 2 aliphatic heterocycles. The average Bonchev–Trinajstić information content (AvgIpc) is 2.68. The molecule has 1 fully saturated rings. The molecule has 2 aromatic carbocycles. The lowest BCUT2D eigenvalue weighted by Crippen LogP contribution is -2.49. The number of nitrogens with one attached hydrogen (secondary N) is 2. The van der Waals surface area contributed by atoms with Crippen LogP contribution in [0.1, 0.15) is 11.6 Å². The maximum atomic E-state index is 12.5. The minimum atomic E-state index is -3.68. The molecular formula is C19H23ClN4O3S. The first-order valence-electron chi connectivity index (χ1n) is 8.86. The molecule has 2 heterocycles. The zero-order chi connectivity index (χ0) is 18.9. The van der Waals surface area contributed by atoms with Crippen LogP contribution in [0.25, 0.3) is 0 Å². The monoisotopic (exact) mass is 422 g/mol. The molecule has 1 atom stereocenters. The predicted octanol–water partition coefficient (Wildman–Crippen LogP) is 2.28. The molecule has 0 radical (unpaired) electrons. The zero-order valence-corrected chi connectivity index (χ0v) is 17.1. The minimum Gasteiger partial charge on any atom is -0.496 e. The first kappa shape index (κ1) is 20.6. The summed E-state index contributed by atoms with van der Waals surface area (Å²) >= 11 is 0. The number of ether oxygens (including phenoxy) is 1. The summed E-state index contributed by atoms with van der Waals surface area (Å²) in [5.41, 5.74) is 1.65. The second kappa shape index (κ2) is 8.48. The molecule has 0 saturated carbocycles. The highest BCUT2D eigenvalue weighted by Crippen LogP contribution is 2.31. The first-order chi connectivity index (χ1) is 13.1. The average molecular weight is 423 g/mol. The van der Waals surface area contributed by atoms with E-state index < -0.39 is 10.0 Å². The Balaban J connectivity index is 0.00000225. The van der Waals surface area contributed by atoms with Gasteiger partial charge in [-0.05, 0) is 18.2 Å². The van der Waals surface area contributed by atoms with E-state index in [4.69, 9.17) is 4.74 Å². The lowest BCUT2D eigenvalue weighted by molar-refractivity contribution is 0.182. The number of para-hydroxylation sites is 2. The molecule has 2 N–H and O–H groups in total. The second-order valence-corrected chi connectivity index (χ2v) is 8.14. The number of anilines is 1. The number of fused-ring (bicyclic) bond motifs is 1. The Morgan fingerprint density at radius 3 is 2.75 bits per heavy atom. The number of hydrogen-bond donors (Lipinski definition) is 2. The number of amidine groups is 1. The van der Waals surface area contributed by atoms with Gasteiger partial charge in [-0.2, -0.15) is 8.42 Å². The zero-order valence-electron chi connectivity index (χ0n) is 15.5. The highest BCUT2D eigenvalue weighted by Gasteiger charge is 2.30. The number of halogens is 1. The van der Waals surface area contributed by atoms with Crippen LogP contribution in [0.5, 0.6) is 5.75 Å². The van der Waals surface area contributed by atoms with E-state index in [2.05, 4.69) is 19.9 Å². The van der Waals surface area contributed by atoms with Crippen molar-refractivity contribution < 1.29 is 13.2 Å². The predicted molar refractivity (Wildman–Crippen MR) is 112 cm³/mol. The van der Waals surface area contributed by atoms with Gasteiger partial charge in [0.2, 0.25) is 0 Å². The van der Waals surface area contributed by atoms with Crippen LogP contribution >= 0.6 is 12.4 Å². The normalized spacial score (nSPS) is 20.9. The molecule has 2 aliphatic rings. The highest BCUT2D eigenvalue weighted by atomic mass is 35.5. The SMILES string of the molecule is COc1ccccc1C1CNCCN1CC1=NS(=O)(=O)c2ccccc2N1.Cl. The van der Waals surface area contributed by atoms with Crippen LogP contribution in [-0.2, 0) is 10.0 Å². The van der Waals surface area contributed by atoms with Crippen molar-refractivity contribution in [1.29, 1.82) is 0 Å². The molecule has 0 spiro atoms. The lowest BCUT2D eigenvalue weighted by atomic mass is 10.0. The van der Waals surface area contributed by atoms with Gasteiger partial charge in [0.25, 0.3) is 10.0 Å². The Bertz CT molecular complexity index is 981. The van der Waals surface area contributed by atoms with Crippen LogP contribution in [-0.4, -0.2) is 52.4 Å². The molecule has 2 aromatic rings. The van der Waals surface area contributed by atoms with Gasteiger partial charge < -0.3 is 15.4 Å². The number of methoxy groups -OCH3 is 1. The molecule has 0 aliphatic carbocycles. The van der Waals surface area contributed by atoms with Crippen molar-refractivity contribution in [3.63, 3.8) is 0 Å². The molecule has 28 heavy (non-hydrogen) atoms. The standard InChI is InChI=1S/C19H22N4O3S.ClH/c1-26-17-8-4-2-6-14(17)16-12-20-10-11-23(16)13-19-21-15-7-3-5-9-18(15)27(24,25)22-19;/h2-9,16,20H,10-13H2,1H3,(H,21,22);1H. The number of benzene rings is 2. The van der Waals surface area contributed by atoms with Crippen molar-refractivity contribution in [2.24, 2.45) is 4.40 Å². The smallest absolute Gasteiger partial charge is 0.286 e. The van der Waals surface area contributed by atoms with Crippen LogP contribution in [0.3, 0.4) is 0 Å². The van der Waals surface area contributed by atoms with E-state index in [1.807, 2.05) is 30.3 Å². The molecular weight excluding hydrogens is 400 g/mol. The Morgan fingerprint density at radius 2 is 1.93 bits per heavy atom.